The molecule has 0 bridgehead atoms. The van der Waals surface area contributed by atoms with Crippen LogP contribution in [-0.2, 0) is 6.54 Å². The molecule has 0 aromatic heterocycles. The van der Waals surface area contributed by atoms with Crippen LogP contribution in [0.5, 0.6) is 11.5 Å². The predicted octanol–water partition coefficient (Wildman–Crippen LogP) is 5.51. The summed E-state index contributed by atoms with van der Waals surface area (Å²) in [5.41, 5.74) is 2.09. The van der Waals surface area contributed by atoms with Crippen LogP contribution in [0.1, 0.15) is 12.5 Å². The number of amidine groups is 1. The van der Waals surface area contributed by atoms with E-state index >= 15 is 0 Å². The molecule has 0 spiro atoms. The molecule has 3 nitrogen and oxygen atoms in total. The molecular weight excluding hydrogens is 296 g/mol. The van der Waals surface area contributed by atoms with Crippen molar-refractivity contribution in [1.82, 2.24) is 0 Å². The average molecular weight is 316 g/mol. The van der Waals surface area contributed by atoms with Gasteiger partial charge >= 0.3 is 0 Å². The number of hydrogen-bond donors (Lipinski definition) is 1. The molecule has 3 rings (SSSR count). The minimum atomic E-state index is 0.654. The van der Waals surface area contributed by atoms with Gasteiger partial charge in [-0.15, -0.1) is 0 Å². The smallest absolute Gasteiger partial charge is 0.150 e. The van der Waals surface area contributed by atoms with Crippen LogP contribution in [0, 0.1) is 0 Å². The van der Waals surface area contributed by atoms with Crippen LogP contribution < -0.4 is 10.1 Å². The molecule has 1 N–H and O–H groups in total. The van der Waals surface area contributed by atoms with E-state index in [4.69, 9.17) is 4.74 Å². The maximum atomic E-state index is 5.96. The Morgan fingerprint density at radius 3 is 2.21 bits per heavy atom. The number of rotatable bonds is 5. The number of hydrogen-bond acceptors (Lipinski definition) is 2. The Morgan fingerprint density at radius 1 is 0.833 bits per heavy atom. The molecule has 3 aromatic rings. The van der Waals surface area contributed by atoms with Crippen molar-refractivity contribution in [2.24, 2.45) is 4.99 Å². The molecule has 0 aliphatic rings. The van der Waals surface area contributed by atoms with Gasteiger partial charge in [-0.2, -0.15) is 0 Å². The Labute approximate surface area is 142 Å². The van der Waals surface area contributed by atoms with Crippen molar-refractivity contribution >= 4 is 11.5 Å². The van der Waals surface area contributed by atoms with Gasteiger partial charge in [-0.25, -0.2) is 0 Å². The SMILES string of the molecule is CC(=NCc1ccccc1)Nc1ccccc1Oc1ccccc1. The van der Waals surface area contributed by atoms with E-state index in [1.165, 1.54) is 5.56 Å². The Kier molecular flexibility index (Phi) is 5.25. The van der Waals surface area contributed by atoms with Gasteiger partial charge in [-0.1, -0.05) is 60.7 Å². The van der Waals surface area contributed by atoms with Gasteiger partial charge in [0.2, 0.25) is 0 Å². The highest BCUT2D eigenvalue weighted by molar-refractivity contribution is 5.94. The normalized spacial score (nSPS) is 11.1. The van der Waals surface area contributed by atoms with E-state index in [2.05, 4.69) is 22.4 Å². The third-order valence-corrected chi connectivity index (χ3v) is 3.52. The van der Waals surface area contributed by atoms with Crippen LogP contribution in [0.15, 0.2) is 89.9 Å². The second-order valence-electron chi connectivity index (χ2n) is 5.42. The third kappa shape index (κ3) is 4.46. The summed E-state index contributed by atoms with van der Waals surface area (Å²) in [4.78, 5) is 4.59. The minimum absolute atomic E-state index is 0.654. The lowest BCUT2D eigenvalue weighted by molar-refractivity contribution is 0.485. The molecule has 0 saturated carbocycles. The molecule has 0 aliphatic heterocycles. The fourth-order valence-corrected chi connectivity index (χ4v) is 2.30. The highest BCUT2D eigenvalue weighted by atomic mass is 16.5. The summed E-state index contributed by atoms with van der Waals surface area (Å²) < 4.78 is 5.96. The van der Waals surface area contributed by atoms with Gasteiger partial charge in [0.1, 0.15) is 5.75 Å². The van der Waals surface area contributed by atoms with Gasteiger partial charge in [-0.3, -0.25) is 4.99 Å². The number of nitrogens with zero attached hydrogens (tertiary/aromatic N) is 1. The summed E-state index contributed by atoms with van der Waals surface area (Å²) in [6.07, 6.45) is 0. The van der Waals surface area contributed by atoms with E-state index in [0.29, 0.717) is 6.54 Å². The summed E-state index contributed by atoms with van der Waals surface area (Å²) in [5.74, 6) is 2.44. The molecule has 3 heteroatoms. The number of ether oxygens (including phenoxy) is 1. The Bertz CT molecular complexity index is 798. The molecule has 0 fully saturated rings. The van der Waals surface area contributed by atoms with E-state index in [0.717, 1.165) is 23.0 Å². The van der Waals surface area contributed by atoms with Gasteiger partial charge in [0.05, 0.1) is 18.1 Å². The summed E-state index contributed by atoms with van der Waals surface area (Å²) >= 11 is 0. The lowest BCUT2D eigenvalue weighted by atomic mass is 10.2. The molecular formula is C21H20N2O. The van der Waals surface area contributed by atoms with Crippen molar-refractivity contribution in [3.63, 3.8) is 0 Å². The zero-order valence-electron chi connectivity index (χ0n) is 13.6. The van der Waals surface area contributed by atoms with Crippen LogP contribution in [0.25, 0.3) is 0 Å². The summed E-state index contributed by atoms with van der Waals surface area (Å²) in [6.45, 7) is 2.61. The third-order valence-electron chi connectivity index (χ3n) is 3.52. The molecule has 24 heavy (non-hydrogen) atoms. The molecule has 0 amide bonds. The molecule has 0 saturated heterocycles. The predicted molar refractivity (Wildman–Crippen MR) is 99.8 cm³/mol. The van der Waals surface area contributed by atoms with Crippen molar-refractivity contribution in [1.29, 1.82) is 0 Å². The first-order valence-electron chi connectivity index (χ1n) is 7.95. The van der Waals surface area contributed by atoms with Crippen LogP contribution in [0.4, 0.5) is 5.69 Å². The Morgan fingerprint density at radius 2 is 1.46 bits per heavy atom. The number of para-hydroxylation sites is 3. The number of nitrogens with one attached hydrogen (secondary N) is 1. The fraction of sp³-hybridized carbons (Fsp3) is 0.0952. The van der Waals surface area contributed by atoms with Crippen molar-refractivity contribution in [2.75, 3.05) is 5.32 Å². The molecule has 0 unspecified atom stereocenters. The lowest BCUT2D eigenvalue weighted by Crippen LogP contribution is -2.08. The van der Waals surface area contributed by atoms with Gasteiger partial charge in [-0.05, 0) is 36.8 Å². The van der Waals surface area contributed by atoms with Crippen LogP contribution in [-0.4, -0.2) is 5.84 Å². The maximum Gasteiger partial charge on any atom is 0.150 e. The van der Waals surface area contributed by atoms with Crippen LogP contribution in [0.2, 0.25) is 0 Å². The largest absolute Gasteiger partial charge is 0.455 e. The van der Waals surface area contributed by atoms with E-state index in [1.807, 2.05) is 79.7 Å². The van der Waals surface area contributed by atoms with Crippen LogP contribution >= 0.6 is 0 Å². The summed E-state index contributed by atoms with van der Waals surface area (Å²) in [7, 11) is 0. The van der Waals surface area contributed by atoms with Gasteiger partial charge in [0.25, 0.3) is 0 Å². The maximum absolute atomic E-state index is 5.96. The lowest BCUT2D eigenvalue weighted by Gasteiger charge is -2.12. The van der Waals surface area contributed by atoms with E-state index < -0.39 is 0 Å². The second kappa shape index (κ2) is 7.97. The zero-order valence-corrected chi connectivity index (χ0v) is 13.6. The minimum Gasteiger partial charge on any atom is -0.455 e. The molecule has 0 heterocycles. The van der Waals surface area contributed by atoms with Gasteiger partial charge in [0.15, 0.2) is 5.75 Å². The number of anilines is 1. The molecule has 120 valence electrons. The molecule has 0 radical (unpaired) electrons. The van der Waals surface area contributed by atoms with Gasteiger partial charge in [0, 0.05) is 0 Å². The highest BCUT2D eigenvalue weighted by Gasteiger charge is 2.04. The van der Waals surface area contributed by atoms with Crippen LogP contribution in [0.3, 0.4) is 0 Å². The topological polar surface area (TPSA) is 33.6 Å². The molecule has 3 aromatic carbocycles. The first kappa shape index (κ1) is 15.8. The highest BCUT2D eigenvalue weighted by Crippen LogP contribution is 2.29. The van der Waals surface area contributed by atoms with Gasteiger partial charge < -0.3 is 10.1 Å². The van der Waals surface area contributed by atoms with E-state index in [-0.39, 0.29) is 0 Å². The zero-order chi connectivity index (χ0) is 16.6. The standard InChI is InChI=1S/C21H20N2O/c1-17(22-16-18-10-4-2-5-11-18)23-20-14-8-9-15-21(20)24-19-12-6-3-7-13-19/h2-15H,16H2,1H3,(H,22,23). The van der Waals surface area contributed by atoms with Crippen molar-refractivity contribution in [3.05, 3.63) is 90.5 Å². The Balaban J connectivity index is 1.70. The first-order valence-corrected chi connectivity index (χ1v) is 7.95. The van der Waals surface area contributed by atoms with Crippen molar-refractivity contribution in [2.45, 2.75) is 13.5 Å². The van der Waals surface area contributed by atoms with Crippen molar-refractivity contribution < 1.29 is 4.74 Å². The van der Waals surface area contributed by atoms with Crippen molar-refractivity contribution in [3.8, 4) is 11.5 Å². The number of aliphatic imine (C=N–C) groups is 1. The summed E-state index contributed by atoms with van der Waals surface area (Å²) in [6, 6.07) is 27.8. The number of benzene rings is 3. The monoisotopic (exact) mass is 316 g/mol. The first-order chi connectivity index (χ1) is 11.8. The molecule has 0 aliphatic carbocycles. The van der Waals surface area contributed by atoms with E-state index in [9.17, 15) is 0 Å². The average Bonchev–Trinajstić information content (AvgIpc) is 2.63. The quantitative estimate of drug-likeness (QED) is 0.497. The Hall–Kier alpha value is -3.07. The second-order valence-corrected chi connectivity index (χ2v) is 5.42. The fourth-order valence-electron chi connectivity index (χ4n) is 2.30. The summed E-state index contributed by atoms with van der Waals surface area (Å²) in [5, 5.41) is 3.33. The molecule has 0 atom stereocenters. The van der Waals surface area contributed by atoms with E-state index in [1.54, 1.807) is 0 Å².